The maximum Gasteiger partial charge on any atom is 0.488 e. The van der Waals surface area contributed by atoms with Gasteiger partial charge in [0.25, 0.3) is 28.5 Å². The van der Waals surface area contributed by atoms with Gasteiger partial charge in [-0.2, -0.15) is 6.92 Å². The molecule has 737 valence electrons. The Hall–Kier alpha value is -15.7. The van der Waals surface area contributed by atoms with E-state index < -0.39 is 51.2 Å². The van der Waals surface area contributed by atoms with E-state index in [-0.39, 0.29) is 106 Å². The van der Waals surface area contributed by atoms with Gasteiger partial charge in [0.05, 0.1) is 92.4 Å². The van der Waals surface area contributed by atoms with Gasteiger partial charge in [-0.3, -0.25) is 46.8 Å². The van der Waals surface area contributed by atoms with Crippen LogP contribution in [0.2, 0.25) is 0 Å². The van der Waals surface area contributed by atoms with Crippen molar-refractivity contribution in [1.82, 2.24) is 98.3 Å². The minimum atomic E-state index is -1.70. The molecule has 9 aromatic heterocycles. The molecule has 9 aromatic carbocycles. The van der Waals surface area contributed by atoms with Gasteiger partial charge in [-0.25, -0.2) is 64.6 Å². The Kier molecular flexibility index (Phi) is 34.6. The van der Waals surface area contributed by atoms with Crippen molar-refractivity contribution in [3.8, 4) is 17.1 Å². The van der Waals surface area contributed by atoms with Crippen LogP contribution in [-0.4, -0.2) is 175 Å². The number of anilines is 3. The van der Waals surface area contributed by atoms with Gasteiger partial charge in [0, 0.05) is 62.5 Å². The van der Waals surface area contributed by atoms with Gasteiger partial charge in [-0.1, -0.05) is 148 Å². The van der Waals surface area contributed by atoms with Crippen LogP contribution in [-0.2, 0) is 47.7 Å². The fourth-order valence-corrected chi connectivity index (χ4v) is 17.3. The van der Waals surface area contributed by atoms with Gasteiger partial charge in [-0.15, -0.1) is 0 Å². The first-order chi connectivity index (χ1) is 70.2. The summed E-state index contributed by atoms with van der Waals surface area (Å²) in [6.07, 6.45) is 17.2. The molecule has 18 aromatic rings. The van der Waals surface area contributed by atoms with Gasteiger partial charge >= 0.3 is 27.3 Å². The zero-order valence-corrected chi connectivity index (χ0v) is 80.9. The number of aromatic nitrogens is 18. The number of hydrogen-bond donors (Lipinski definition) is 14. The number of carbonyl (C=O) groups is 3. The number of carboxylic acids is 1. The summed E-state index contributed by atoms with van der Waals surface area (Å²) in [7, 11) is -5.01. The van der Waals surface area contributed by atoms with E-state index in [1.54, 1.807) is 100 Å². The average Bonchev–Trinajstić information content (AvgIpc) is 1.46. The molecule has 0 spiro atoms. The fraction of sp³-hybridized carbons (Fsp3) is 0.225. The number of nitrogens with one attached hydrogen (secondary N) is 6. The Balaban J connectivity index is 0.000000153. The Morgan fingerprint density at radius 3 is 1.17 bits per heavy atom. The van der Waals surface area contributed by atoms with Gasteiger partial charge in [0.15, 0.2) is 45.4 Å². The quantitative estimate of drug-likeness (QED) is 0.0160. The summed E-state index contributed by atoms with van der Waals surface area (Å²) in [5.41, 5.74) is 15.8. The molecule has 20 rings (SSSR count). The second kappa shape index (κ2) is 48.4. The third kappa shape index (κ3) is 23.3. The number of carboxylic acid groups (broad SMARTS) is 1. The number of fused-ring (bicyclic) bond motifs is 6. The monoisotopic (exact) mass is 1990 g/mol. The Labute approximate surface area is 843 Å². The molecule has 2 aliphatic rings. The first-order valence-corrected chi connectivity index (χ1v) is 47.1. The van der Waals surface area contributed by atoms with E-state index in [0.29, 0.717) is 149 Å². The number of aromatic carboxylic acids is 1. The number of aromatic amines is 1. The number of hydrogen-bond acceptors (Lipinski definition) is 30. The number of ether oxygens (including phenoxy) is 2. The van der Waals surface area contributed by atoms with Crippen molar-refractivity contribution >= 4 is 139 Å². The topological polar surface area (TPSA) is 544 Å². The molecule has 2 unspecified atom stereocenters. The molecule has 5 atom stereocenters. The molecule has 2 amide bonds. The number of carbonyl (C=O) groups excluding carboxylic acids is 2. The van der Waals surface area contributed by atoms with Crippen molar-refractivity contribution in [2.24, 2.45) is 5.73 Å². The van der Waals surface area contributed by atoms with Crippen molar-refractivity contribution in [1.29, 1.82) is 0 Å². The molecule has 43 heteroatoms. The van der Waals surface area contributed by atoms with E-state index in [4.69, 9.17) is 45.3 Å². The van der Waals surface area contributed by atoms with Gasteiger partial charge in [-0.05, 0) is 182 Å². The van der Waals surface area contributed by atoms with Crippen LogP contribution in [0.4, 0.5) is 17.5 Å². The molecule has 2 fully saturated rings. The summed E-state index contributed by atoms with van der Waals surface area (Å²) in [4.78, 5) is 138. The van der Waals surface area contributed by atoms with Crippen LogP contribution in [0, 0.1) is 6.92 Å². The molecular weight excluding hydrogens is 1880 g/mol. The van der Waals surface area contributed by atoms with Crippen molar-refractivity contribution in [2.75, 3.05) is 29.2 Å². The smallest absolute Gasteiger partial charge is 0.478 e. The third-order valence-corrected chi connectivity index (χ3v) is 24.5. The summed E-state index contributed by atoms with van der Waals surface area (Å²) >= 11 is 0. The summed E-state index contributed by atoms with van der Waals surface area (Å²) in [5, 5.41) is 81.3. The SMILES string of the molecule is CC[C@H](Nc1ncnc2c1ncn2C1CCCCO1)c1nc2cccc(CN)c2c(=O)n1-c1ccccc1.CC[C@H](Nc1ncnc2c1ncn2C1CCCCO1)c1nc2cccc(CNC(=O)c3cccc(B(O)O)c3)c2c(=O)n1-c1ccccc1.CC[C@H](Nc1ncnc2nc[nH]c12)c1nc2cccc(CNC(=O)c3cccc(B(O)O)c3)c2c(=O)n1-c1ccccc1.O=C(O)c1cccc(B(O)O)c1.[CH2-]C.[V]. The molecule has 39 nitrogen and oxygen atoms in total. The number of nitrogens with two attached hydrogens (primary N) is 1. The maximum absolute atomic E-state index is 14.5. The molecule has 1 radical (unpaired) electrons. The number of imidazole rings is 3. The van der Waals surface area contributed by atoms with Crippen LogP contribution in [0.1, 0.15) is 181 Å². The minimum Gasteiger partial charge on any atom is -0.478 e. The summed E-state index contributed by atoms with van der Waals surface area (Å²) in [6.45, 7) is 12.8. The van der Waals surface area contributed by atoms with E-state index in [1.807, 2.05) is 139 Å². The maximum atomic E-state index is 14.5. The van der Waals surface area contributed by atoms with E-state index in [1.165, 1.54) is 67.5 Å². The van der Waals surface area contributed by atoms with Crippen LogP contribution < -0.4 is 65.4 Å². The molecule has 0 aliphatic carbocycles. The molecule has 145 heavy (non-hydrogen) atoms. The van der Waals surface area contributed by atoms with E-state index in [0.717, 1.165) is 56.4 Å². The van der Waals surface area contributed by atoms with Gasteiger partial charge in [0.1, 0.15) is 54.4 Å². The zero-order valence-electron chi connectivity index (χ0n) is 79.5. The standard InChI is InChI=1S/C35H35BN8O5.C30H27BN8O4.C28H30N8O2.C7H7BO4.C2H5.V/c1-2-26(41-31-30-33(39-20-38-31)43(21-40-30)28-16-6-7-17-49-28)32-42-27-15-9-11-23(29(27)35(46)44(32)25-13-4-3-5-14-25)19-37-34(45)22-10-8-12-24(18-22)36(47)48;1-2-22(37-27-25-26(34-16-33-25)35-17-36-27)28-38-23-13-7-9-19(24(23)30(41)39(28)21-11-4-3-5-12-21)15-32-29(40)18-8-6-10-20(14-18)31(42)43;1-2-20(33-25-24-27(31-16-30-25)35(17-32-24)22-13-6-7-14-38-22)26-34-21-12-8-9-18(15-29)23(21)28(37)36(26)19-10-4-3-5-11-19;9-7(10)5-2-1-3-6(4-5)8(11)12;1-2;/h3-5,8-15,18,20-21,26,28,47-48H,2,6-7,16-17,19H2,1H3,(H,37,45)(H,38,39,41);3-14,16-17,22,42-43H,2,15H2,1H3,(H,32,40)(H2,33,34,35,36,37);3-5,8-12,16-17,20,22H,2,6-7,13-15,29H2,1H3,(H,30,31,33);1-4,11-12H,(H,9,10);1H2,2H3;/q;;;;-1;/t26-,28?;22-;20-,22?;;;/m000.../s1. The molecule has 11 heterocycles. The number of amides is 2. The summed E-state index contributed by atoms with van der Waals surface area (Å²) < 4.78 is 20.7. The van der Waals surface area contributed by atoms with Crippen LogP contribution in [0.25, 0.3) is 83.3 Å². The number of nitrogens with zero attached hydrogens (tertiary/aromatic N) is 17. The summed E-state index contributed by atoms with van der Waals surface area (Å²) in [5.74, 6) is 1.30. The molecular formula is C102H104B3N24O15V-. The minimum absolute atomic E-state index is 0. The third-order valence-electron chi connectivity index (χ3n) is 24.5. The van der Waals surface area contributed by atoms with Gasteiger partial charge < -0.3 is 88.9 Å². The molecule has 2 aliphatic heterocycles. The predicted octanol–water partition coefficient (Wildman–Crippen LogP) is 9.77. The second-order valence-electron chi connectivity index (χ2n) is 33.5. The van der Waals surface area contributed by atoms with Crippen LogP contribution in [0.15, 0.2) is 271 Å². The molecule has 0 saturated carbocycles. The normalized spacial score (nSPS) is 13.9. The van der Waals surface area contributed by atoms with Crippen LogP contribution in [0.5, 0.6) is 0 Å². The predicted molar refractivity (Wildman–Crippen MR) is 549 cm³/mol. The summed E-state index contributed by atoms with van der Waals surface area (Å²) in [6, 6.07) is 61.0. The second-order valence-corrected chi connectivity index (χ2v) is 33.5. The average molecular weight is 1990 g/mol. The van der Waals surface area contributed by atoms with Gasteiger partial charge in [0.2, 0.25) is 0 Å². The van der Waals surface area contributed by atoms with E-state index in [9.17, 15) is 48.9 Å². The Bertz CT molecular complexity index is 7790. The Morgan fingerprint density at radius 2 is 0.800 bits per heavy atom. The molecule has 15 N–H and O–H groups in total. The van der Waals surface area contributed by atoms with Crippen LogP contribution >= 0.6 is 0 Å². The zero-order chi connectivity index (χ0) is 101. The molecule has 0 bridgehead atoms. The van der Waals surface area contributed by atoms with Crippen molar-refractivity contribution < 1.29 is 77.7 Å². The largest absolute Gasteiger partial charge is 0.488 e. The van der Waals surface area contributed by atoms with Crippen molar-refractivity contribution in [3.05, 3.63) is 345 Å². The van der Waals surface area contributed by atoms with Crippen molar-refractivity contribution in [3.63, 3.8) is 0 Å². The number of H-pyrrole nitrogens is 1. The number of para-hydroxylation sites is 3. The fourth-order valence-electron chi connectivity index (χ4n) is 17.3. The number of rotatable bonds is 28. The first-order valence-electron chi connectivity index (χ1n) is 47.1. The van der Waals surface area contributed by atoms with E-state index >= 15 is 0 Å². The Morgan fingerprint density at radius 1 is 0.441 bits per heavy atom. The van der Waals surface area contributed by atoms with Crippen LogP contribution in [0.3, 0.4) is 0 Å². The first kappa shape index (κ1) is 104. The number of benzene rings is 9. The van der Waals surface area contributed by atoms with E-state index in [2.05, 4.69) is 83.3 Å². The van der Waals surface area contributed by atoms with Crippen molar-refractivity contribution in [2.45, 2.75) is 136 Å². The molecule has 2 saturated heterocycles.